The van der Waals surface area contributed by atoms with Gasteiger partial charge in [0.05, 0.1) is 0 Å². The van der Waals surface area contributed by atoms with Gasteiger partial charge >= 0.3 is 12.1 Å². The van der Waals surface area contributed by atoms with Gasteiger partial charge in [-0.05, 0) is 81.1 Å². The van der Waals surface area contributed by atoms with Gasteiger partial charge in [-0.15, -0.1) is 0 Å². The molecule has 2 fully saturated rings. The van der Waals surface area contributed by atoms with Gasteiger partial charge in [0.1, 0.15) is 0 Å². The van der Waals surface area contributed by atoms with Gasteiger partial charge in [-0.2, -0.15) is 13.2 Å². The number of nitrogens with zero attached hydrogens (tertiary/aromatic N) is 3. The van der Waals surface area contributed by atoms with E-state index in [-0.39, 0.29) is 5.91 Å². The van der Waals surface area contributed by atoms with Crippen molar-refractivity contribution in [3.63, 3.8) is 0 Å². The fraction of sp³-hybridized carbons (Fsp3) is 0.423. The second kappa shape index (κ2) is 12.0. The highest BCUT2D eigenvalue weighted by Crippen LogP contribution is 2.31. The molecule has 7 nitrogen and oxygen atoms in total. The molecule has 2 atom stereocenters. The smallest absolute Gasteiger partial charge is 0.475 e. The number of aryl methyl sites for hydroxylation is 1. The van der Waals surface area contributed by atoms with Crippen molar-refractivity contribution in [3.8, 4) is 0 Å². The fourth-order valence-electron chi connectivity index (χ4n) is 4.65. The van der Waals surface area contributed by atoms with Gasteiger partial charge in [0, 0.05) is 55.0 Å². The predicted molar refractivity (Wildman–Crippen MR) is 133 cm³/mol. The molecule has 1 aromatic carbocycles. The van der Waals surface area contributed by atoms with E-state index in [9.17, 15) is 18.0 Å². The van der Waals surface area contributed by atoms with E-state index in [4.69, 9.17) is 9.90 Å². The number of halogens is 3. The standard InChI is InChI=1S/C24H30N4O.C2HF3O2/c1-18-15-21(26-24(29)10-7-20-6-3-12-25-16-20)8-9-23(18)27-14-11-22(17-27)28-13-4-5-19(28)2;3-2(4,5)1(6)7/h3,6-10,12,15-16,19,22H,4-5,11,13-14,17H2,1-2H3,(H,26,29);(H,6,7). The quantitative estimate of drug-likeness (QED) is 0.573. The molecule has 2 unspecified atom stereocenters. The molecule has 0 saturated carbocycles. The van der Waals surface area contributed by atoms with Crippen LogP contribution >= 0.6 is 0 Å². The van der Waals surface area contributed by atoms with Crippen molar-refractivity contribution in [1.29, 1.82) is 0 Å². The Kier molecular flexibility index (Phi) is 9.08. The molecule has 0 spiro atoms. The fourth-order valence-corrected chi connectivity index (χ4v) is 4.65. The summed E-state index contributed by atoms with van der Waals surface area (Å²) in [5, 5.41) is 10.1. The first-order valence-corrected chi connectivity index (χ1v) is 11.8. The number of aliphatic carboxylic acids is 1. The second-order valence-corrected chi connectivity index (χ2v) is 9.03. The molecule has 1 aromatic heterocycles. The Labute approximate surface area is 208 Å². The van der Waals surface area contributed by atoms with Gasteiger partial charge in [-0.3, -0.25) is 14.7 Å². The van der Waals surface area contributed by atoms with Gasteiger partial charge in [-0.1, -0.05) is 6.07 Å². The number of pyridine rings is 1. The molecule has 0 radical (unpaired) electrons. The molecule has 4 rings (SSSR count). The Morgan fingerprint density at radius 2 is 1.94 bits per heavy atom. The summed E-state index contributed by atoms with van der Waals surface area (Å²) in [4.78, 5) is 30.4. The van der Waals surface area contributed by atoms with Gasteiger partial charge < -0.3 is 15.3 Å². The number of carboxylic acid groups (broad SMARTS) is 1. The topological polar surface area (TPSA) is 85.8 Å². The number of rotatable bonds is 5. The Morgan fingerprint density at radius 3 is 2.53 bits per heavy atom. The minimum Gasteiger partial charge on any atom is -0.475 e. The maximum absolute atomic E-state index is 12.2. The van der Waals surface area contributed by atoms with Crippen molar-refractivity contribution < 1.29 is 27.9 Å². The van der Waals surface area contributed by atoms with Crippen LogP contribution in [-0.4, -0.2) is 64.8 Å². The Bertz CT molecular complexity index is 1080. The number of benzene rings is 1. The largest absolute Gasteiger partial charge is 0.490 e. The zero-order valence-electron chi connectivity index (χ0n) is 20.3. The average Bonchev–Trinajstić information content (AvgIpc) is 3.47. The van der Waals surface area contributed by atoms with Crippen LogP contribution in [0.4, 0.5) is 24.5 Å². The molecule has 2 saturated heterocycles. The summed E-state index contributed by atoms with van der Waals surface area (Å²) in [6.45, 7) is 7.94. The number of hydrogen-bond donors (Lipinski definition) is 2. The number of nitrogens with one attached hydrogen (secondary N) is 1. The molecule has 2 aliphatic rings. The van der Waals surface area contributed by atoms with E-state index in [0.717, 1.165) is 30.4 Å². The van der Waals surface area contributed by atoms with E-state index in [2.05, 4.69) is 46.1 Å². The number of carboxylic acids is 1. The van der Waals surface area contributed by atoms with Gasteiger partial charge in [-0.25, -0.2) is 4.79 Å². The first-order valence-electron chi connectivity index (χ1n) is 11.8. The molecule has 0 bridgehead atoms. The van der Waals surface area contributed by atoms with E-state index in [0.29, 0.717) is 6.04 Å². The Balaban J connectivity index is 0.000000454. The molecule has 36 heavy (non-hydrogen) atoms. The normalized spacial score (nSPS) is 20.3. The molecule has 10 heteroatoms. The molecule has 1 amide bonds. The van der Waals surface area contributed by atoms with E-state index in [1.54, 1.807) is 24.5 Å². The molecular weight excluding hydrogens is 473 g/mol. The van der Waals surface area contributed by atoms with Crippen LogP contribution in [0.15, 0.2) is 48.8 Å². The lowest BCUT2D eigenvalue weighted by molar-refractivity contribution is -0.192. The zero-order valence-corrected chi connectivity index (χ0v) is 20.3. The highest BCUT2D eigenvalue weighted by atomic mass is 19.4. The van der Waals surface area contributed by atoms with Crippen LogP contribution in [0.25, 0.3) is 6.08 Å². The van der Waals surface area contributed by atoms with Crippen LogP contribution in [0.3, 0.4) is 0 Å². The molecule has 194 valence electrons. The van der Waals surface area contributed by atoms with E-state index in [1.807, 2.05) is 18.2 Å². The van der Waals surface area contributed by atoms with E-state index in [1.165, 1.54) is 37.1 Å². The molecule has 2 aromatic rings. The molecule has 2 aliphatic heterocycles. The van der Waals surface area contributed by atoms with Gasteiger partial charge in [0.15, 0.2) is 0 Å². The third-order valence-corrected chi connectivity index (χ3v) is 6.40. The van der Waals surface area contributed by atoms with Crippen LogP contribution in [0.2, 0.25) is 0 Å². The van der Waals surface area contributed by atoms with Crippen LogP contribution in [0.1, 0.15) is 37.3 Å². The Hall–Kier alpha value is -3.40. The molecule has 2 N–H and O–H groups in total. The maximum atomic E-state index is 12.2. The summed E-state index contributed by atoms with van der Waals surface area (Å²) in [5.74, 6) is -2.89. The number of alkyl halides is 3. The lowest BCUT2D eigenvalue weighted by Crippen LogP contribution is -2.39. The van der Waals surface area contributed by atoms with Crippen molar-refractivity contribution in [2.45, 2.75) is 51.4 Å². The van der Waals surface area contributed by atoms with E-state index < -0.39 is 12.1 Å². The number of amides is 1. The van der Waals surface area contributed by atoms with Crippen LogP contribution in [0, 0.1) is 6.92 Å². The van der Waals surface area contributed by atoms with Crippen molar-refractivity contribution in [2.75, 3.05) is 29.9 Å². The average molecular weight is 505 g/mol. The summed E-state index contributed by atoms with van der Waals surface area (Å²) >= 11 is 0. The third kappa shape index (κ3) is 7.55. The maximum Gasteiger partial charge on any atom is 0.490 e. The van der Waals surface area contributed by atoms with Crippen molar-refractivity contribution >= 4 is 29.3 Å². The van der Waals surface area contributed by atoms with Crippen molar-refractivity contribution in [1.82, 2.24) is 9.88 Å². The number of anilines is 2. The molecule has 0 aliphatic carbocycles. The monoisotopic (exact) mass is 504 g/mol. The first kappa shape index (κ1) is 27.2. The first-order chi connectivity index (χ1) is 17.0. The highest BCUT2D eigenvalue weighted by molar-refractivity contribution is 6.02. The summed E-state index contributed by atoms with van der Waals surface area (Å²) in [7, 11) is 0. The number of carbonyl (C=O) groups is 2. The summed E-state index contributed by atoms with van der Waals surface area (Å²) < 4.78 is 31.7. The highest BCUT2D eigenvalue weighted by Gasteiger charge is 2.38. The van der Waals surface area contributed by atoms with Crippen LogP contribution < -0.4 is 10.2 Å². The Morgan fingerprint density at radius 1 is 1.19 bits per heavy atom. The van der Waals surface area contributed by atoms with Crippen LogP contribution in [0.5, 0.6) is 0 Å². The number of carbonyl (C=O) groups excluding carboxylic acids is 1. The van der Waals surface area contributed by atoms with Crippen molar-refractivity contribution in [3.05, 3.63) is 59.9 Å². The molecular formula is C26H31F3N4O3. The zero-order chi connectivity index (χ0) is 26.3. The number of hydrogen-bond acceptors (Lipinski definition) is 5. The summed E-state index contributed by atoms with van der Waals surface area (Å²) in [6, 6.07) is 11.4. The van der Waals surface area contributed by atoms with Gasteiger partial charge in [0.2, 0.25) is 5.91 Å². The second-order valence-electron chi connectivity index (χ2n) is 9.03. The van der Waals surface area contributed by atoms with Gasteiger partial charge in [0.25, 0.3) is 0 Å². The number of aromatic nitrogens is 1. The third-order valence-electron chi connectivity index (χ3n) is 6.40. The summed E-state index contributed by atoms with van der Waals surface area (Å²) in [6.07, 6.45) is 5.58. The lowest BCUT2D eigenvalue weighted by atomic mass is 10.1. The summed E-state index contributed by atoms with van der Waals surface area (Å²) in [5.41, 5.74) is 4.22. The van der Waals surface area contributed by atoms with Crippen molar-refractivity contribution in [2.24, 2.45) is 0 Å². The lowest BCUT2D eigenvalue weighted by Gasteiger charge is -2.29. The minimum absolute atomic E-state index is 0.134. The van der Waals surface area contributed by atoms with Crippen LogP contribution in [-0.2, 0) is 9.59 Å². The number of likely N-dealkylation sites (tertiary alicyclic amines) is 1. The SMILES string of the molecule is Cc1cc(NC(=O)C=Cc2cccnc2)ccc1N1CCC(N2CCCC2C)C1.O=C(O)C(F)(F)F. The van der Waals surface area contributed by atoms with E-state index >= 15 is 0 Å². The minimum atomic E-state index is -5.08. The predicted octanol–water partition coefficient (Wildman–Crippen LogP) is 4.74. The molecule has 3 heterocycles.